The molecule has 4 aliphatic carbocycles. The molecular formula is C29H48O2. The van der Waals surface area contributed by atoms with E-state index in [9.17, 15) is 4.79 Å². The number of allylic oxidation sites excluding steroid dienone is 1. The van der Waals surface area contributed by atoms with E-state index in [1.807, 2.05) is 0 Å². The van der Waals surface area contributed by atoms with Crippen LogP contribution in [-0.2, 0) is 9.53 Å². The summed E-state index contributed by atoms with van der Waals surface area (Å²) < 4.78 is 5.61. The molecule has 2 nitrogen and oxygen atoms in total. The number of carbonyl (C=O) groups excluding carboxylic acids is 1. The lowest BCUT2D eigenvalue weighted by molar-refractivity contribution is -0.148. The first-order chi connectivity index (χ1) is 14.6. The van der Waals surface area contributed by atoms with Gasteiger partial charge in [0.1, 0.15) is 6.10 Å². The molecule has 3 saturated carbocycles. The SMILES string of the molecule is CC(=O)OC1CC[C@@]2(C)C(=CCC3C2CC[C@@]2(C)C3CC[C@@H]2[C@H](C)CCCC(C)C)C1. The molecule has 0 aromatic carbocycles. The maximum absolute atomic E-state index is 11.5. The number of ether oxygens (including phenoxy) is 1. The van der Waals surface area contributed by atoms with Gasteiger partial charge in [0.05, 0.1) is 0 Å². The first-order valence-electron chi connectivity index (χ1n) is 13.5. The fourth-order valence-electron chi connectivity index (χ4n) is 8.99. The average Bonchev–Trinajstić information content (AvgIpc) is 3.05. The van der Waals surface area contributed by atoms with Crippen LogP contribution in [0.2, 0.25) is 0 Å². The van der Waals surface area contributed by atoms with Crippen molar-refractivity contribution in [2.45, 2.75) is 118 Å². The predicted molar refractivity (Wildman–Crippen MR) is 129 cm³/mol. The van der Waals surface area contributed by atoms with Crippen LogP contribution >= 0.6 is 0 Å². The number of hydrogen-bond donors (Lipinski definition) is 0. The zero-order valence-electron chi connectivity index (χ0n) is 21.2. The summed E-state index contributed by atoms with van der Waals surface area (Å²) in [4.78, 5) is 11.5. The summed E-state index contributed by atoms with van der Waals surface area (Å²) in [5, 5.41) is 0. The summed E-state index contributed by atoms with van der Waals surface area (Å²) in [6, 6.07) is 0. The van der Waals surface area contributed by atoms with Crippen LogP contribution in [0.5, 0.6) is 0 Å². The molecule has 31 heavy (non-hydrogen) atoms. The lowest BCUT2D eigenvalue weighted by Gasteiger charge is -2.58. The Labute approximate surface area is 192 Å². The second kappa shape index (κ2) is 8.86. The Morgan fingerprint density at radius 1 is 1.06 bits per heavy atom. The first kappa shape index (κ1) is 23.4. The van der Waals surface area contributed by atoms with E-state index in [0.717, 1.165) is 48.3 Å². The Bertz CT molecular complexity index is 693. The summed E-state index contributed by atoms with van der Waals surface area (Å²) >= 11 is 0. The van der Waals surface area contributed by atoms with Gasteiger partial charge < -0.3 is 4.74 Å². The number of rotatable bonds is 6. The minimum atomic E-state index is -0.115. The summed E-state index contributed by atoms with van der Waals surface area (Å²) in [6.07, 6.45) is 17.2. The van der Waals surface area contributed by atoms with Gasteiger partial charge in [-0.05, 0) is 91.3 Å². The van der Waals surface area contributed by atoms with Crippen molar-refractivity contribution >= 4 is 5.97 Å². The van der Waals surface area contributed by atoms with E-state index in [1.54, 1.807) is 12.5 Å². The molecule has 0 aromatic heterocycles. The van der Waals surface area contributed by atoms with Crippen LogP contribution in [0.4, 0.5) is 0 Å². The number of hydrogen-bond acceptors (Lipinski definition) is 2. The highest BCUT2D eigenvalue weighted by Crippen LogP contribution is 2.67. The van der Waals surface area contributed by atoms with Crippen molar-refractivity contribution in [3.8, 4) is 0 Å². The maximum Gasteiger partial charge on any atom is 0.302 e. The quantitative estimate of drug-likeness (QED) is 0.317. The molecule has 0 bridgehead atoms. The van der Waals surface area contributed by atoms with E-state index in [-0.39, 0.29) is 12.1 Å². The molecule has 0 aliphatic heterocycles. The van der Waals surface area contributed by atoms with Gasteiger partial charge in [-0.25, -0.2) is 0 Å². The molecule has 0 heterocycles. The molecule has 8 atom stereocenters. The third-order valence-electron chi connectivity index (χ3n) is 10.6. The van der Waals surface area contributed by atoms with Crippen molar-refractivity contribution in [1.82, 2.24) is 0 Å². The molecule has 0 amide bonds. The van der Waals surface area contributed by atoms with E-state index < -0.39 is 0 Å². The van der Waals surface area contributed by atoms with Gasteiger partial charge in [0, 0.05) is 13.3 Å². The van der Waals surface area contributed by atoms with Crippen molar-refractivity contribution in [3.05, 3.63) is 11.6 Å². The predicted octanol–water partition coefficient (Wildman–Crippen LogP) is 7.96. The monoisotopic (exact) mass is 428 g/mol. The largest absolute Gasteiger partial charge is 0.462 e. The normalized spacial score (nSPS) is 42.9. The summed E-state index contributed by atoms with van der Waals surface area (Å²) in [5.41, 5.74) is 2.53. The van der Waals surface area contributed by atoms with E-state index >= 15 is 0 Å². The van der Waals surface area contributed by atoms with Crippen LogP contribution in [0.3, 0.4) is 0 Å². The molecule has 4 aliphatic rings. The highest BCUT2D eigenvalue weighted by Gasteiger charge is 2.59. The molecule has 3 fully saturated rings. The van der Waals surface area contributed by atoms with E-state index in [1.165, 1.54) is 57.8 Å². The Morgan fingerprint density at radius 2 is 1.84 bits per heavy atom. The highest BCUT2D eigenvalue weighted by molar-refractivity contribution is 5.66. The first-order valence-corrected chi connectivity index (χ1v) is 13.5. The van der Waals surface area contributed by atoms with Crippen LogP contribution in [0.25, 0.3) is 0 Å². The summed E-state index contributed by atoms with van der Waals surface area (Å²) in [7, 11) is 0. The van der Waals surface area contributed by atoms with E-state index in [4.69, 9.17) is 4.74 Å². The second-order valence-electron chi connectivity index (χ2n) is 12.8. The molecule has 0 saturated heterocycles. The molecule has 176 valence electrons. The summed E-state index contributed by atoms with van der Waals surface area (Å²) in [5.74, 6) is 5.19. The smallest absolute Gasteiger partial charge is 0.302 e. The van der Waals surface area contributed by atoms with Gasteiger partial charge in [-0.3, -0.25) is 4.79 Å². The number of esters is 1. The fourth-order valence-corrected chi connectivity index (χ4v) is 8.99. The van der Waals surface area contributed by atoms with Gasteiger partial charge in [-0.2, -0.15) is 0 Å². The Kier molecular flexibility index (Phi) is 6.68. The van der Waals surface area contributed by atoms with E-state index in [2.05, 4.69) is 40.7 Å². The zero-order valence-corrected chi connectivity index (χ0v) is 21.2. The minimum absolute atomic E-state index is 0.115. The van der Waals surface area contributed by atoms with Gasteiger partial charge in [-0.15, -0.1) is 0 Å². The number of fused-ring (bicyclic) bond motifs is 5. The highest BCUT2D eigenvalue weighted by atomic mass is 16.5. The van der Waals surface area contributed by atoms with Gasteiger partial charge >= 0.3 is 5.97 Å². The van der Waals surface area contributed by atoms with Crippen molar-refractivity contribution in [1.29, 1.82) is 0 Å². The maximum atomic E-state index is 11.5. The lowest BCUT2D eigenvalue weighted by Crippen LogP contribution is -2.51. The molecule has 4 rings (SSSR count). The van der Waals surface area contributed by atoms with Crippen LogP contribution in [0.15, 0.2) is 11.6 Å². The van der Waals surface area contributed by atoms with E-state index in [0.29, 0.717) is 10.8 Å². The Hall–Kier alpha value is -0.790. The lowest BCUT2D eigenvalue weighted by atomic mass is 9.47. The van der Waals surface area contributed by atoms with Crippen LogP contribution in [-0.4, -0.2) is 12.1 Å². The molecule has 0 radical (unpaired) electrons. The van der Waals surface area contributed by atoms with Gasteiger partial charge in [0.15, 0.2) is 0 Å². The molecule has 2 heteroatoms. The topological polar surface area (TPSA) is 26.3 Å². The van der Waals surface area contributed by atoms with Gasteiger partial charge in [-0.1, -0.05) is 65.5 Å². The van der Waals surface area contributed by atoms with Gasteiger partial charge in [0.2, 0.25) is 0 Å². The van der Waals surface area contributed by atoms with Crippen LogP contribution in [0, 0.1) is 46.3 Å². The van der Waals surface area contributed by atoms with Crippen LogP contribution in [0.1, 0.15) is 112 Å². The van der Waals surface area contributed by atoms with Crippen molar-refractivity contribution in [3.63, 3.8) is 0 Å². The molecular weight excluding hydrogens is 380 g/mol. The average molecular weight is 429 g/mol. The van der Waals surface area contributed by atoms with Crippen molar-refractivity contribution < 1.29 is 9.53 Å². The number of carbonyl (C=O) groups is 1. The Balaban J connectivity index is 1.47. The molecule has 0 N–H and O–H groups in total. The third-order valence-corrected chi connectivity index (χ3v) is 10.6. The minimum Gasteiger partial charge on any atom is -0.462 e. The zero-order chi connectivity index (χ0) is 22.4. The Morgan fingerprint density at radius 3 is 2.55 bits per heavy atom. The summed E-state index contributed by atoms with van der Waals surface area (Å²) in [6.45, 7) is 14.1. The van der Waals surface area contributed by atoms with Gasteiger partial charge in [0.25, 0.3) is 0 Å². The standard InChI is InChI=1S/C29H48O2/c1-19(2)8-7-9-20(3)25-12-13-26-24-11-10-22-18-23(31-21(4)30)14-16-28(22,5)27(24)15-17-29(25,26)6/h10,19-20,23-27H,7-9,11-18H2,1-6H3/t20-,23?,24?,25-,26?,27?,28+,29-/m1/s1. The van der Waals surface area contributed by atoms with Crippen molar-refractivity contribution in [2.75, 3.05) is 0 Å². The fraction of sp³-hybridized carbons (Fsp3) is 0.897. The molecule has 0 aromatic rings. The third kappa shape index (κ3) is 4.26. The second-order valence-corrected chi connectivity index (χ2v) is 12.8. The van der Waals surface area contributed by atoms with Crippen LogP contribution < -0.4 is 0 Å². The molecule has 4 unspecified atom stereocenters. The van der Waals surface area contributed by atoms with Crippen molar-refractivity contribution in [2.24, 2.45) is 46.3 Å². The molecule has 0 spiro atoms.